The number of carbonyl (C=O) groups excluding carboxylic acids is 2. The van der Waals surface area contributed by atoms with Crippen molar-refractivity contribution in [3.05, 3.63) is 92.7 Å². The molecule has 2 amide bonds. The van der Waals surface area contributed by atoms with E-state index in [1.165, 1.54) is 18.2 Å². The van der Waals surface area contributed by atoms with Crippen molar-refractivity contribution >= 4 is 68.1 Å². The highest BCUT2D eigenvalue weighted by molar-refractivity contribution is 9.10. The van der Waals surface area contributed by atoms with Gasteiger partial charge in [-0.3, -0.25) is 14.9 Å². The molecule has 0 fully saturated rings. The van der Waals surface area contributed by atoms with Crippen molar-refractivity contribution < 1.29 is 14.0 Å². The Bertz CT molecular complexity index is 1190. The third-order valence-electron chi connectivity index (χ3n) is 4.22. The first kappa shape index (κ1) is 22.9. The molecule has 0 saturated carbocycles. The van der Waals surface area contributed by atoms with Crippen molar-refractivity contribution in [3.63, 3.8) is 0 Å². The highest BCUT2D eigenvalue weighted by atomic mass is 79.9. The lowest BCUT2D eigenvalue weighted by molar-refractivity contribution is 0.0976. The zero-order valence-corrected chi connectivity index (χ0v) is 19.3. The number of amides is 2. The Morgan fingerprint density at radius 1 is 0.935 bits per heavy atom. The van der Waals surface area contributed by atoms with Gasteiger partial charge in [0.25, 0.3) is 11.8 Å². The predicted octanol–water partition coefficient (Wildman–Crippen LogP) is 5.93. The molecule has 3 aromatic rings. The molecule has 31 heavy (non-hydrogen) atoms. The molecule has 5 nitrogen and oxygen atoms in total. The van der Waals surface area contributed by atoms with Crippen LogP contribution < -0.4 is 16.0 Å². The normalized spacial score (nSPS) is 10.3. The van der Waals surface area contributed by atoms with E-state index < -0.39 is 11.7 Å². The Balaban J connectivity index is 1.64. The van der Waals surface area contributed by atoms with Crippen LogP contribution in [-0.4, -0.2) is 16.9 Å². The minimum atomic E-state index is -0.570. The van der Waals surface area contributed by atoms with E-state index in [0.717, 1.165) is 10.0 Å². The molecule has 0 radical (unpaired) electrons. The Morgan fingerprint density at radius 3 is 2.35 bits per heavy atom. The van der Waals surface area contributed by atoms with Gasteiger partial charge in [-0.25, -0.2) is 4.39 Å². The second-order valence-electron chi connectivity index (χ2n) is 6.54. The summed E-state index contributed by atoms with van der Waals surface area (Å²) in [6.07, 6.45) is 0. The molecule has 0 aliphatic heterocycles. The van der Waals surface area contributed by atoms with E-state index in [0.29, 0.717) is 22.5 Å². The smallest absolute Gasteiger partial charge is 0.257 e. The molecule has 0 aromatic heterocycles. The van der Waals surface area contributed by atoms with Crippen LogP contribution >= 0.6 is 39.7 Å². The van der Waals surface area contributed by atoms with Crippen molar-refractivity contribution in [2.24, 2.45) is 0 Å². The van der Waals surface area contributed by atoms with Crippen LogP contribution in [0.5, 0.6) is 0 Å². The molecular formula is C22H16BrClFN3O2S. The van der Waals surface area contributed by atoms with Crippen LogP contribution in [0.4, 0.5) is 15.8 Å². The number of nitrogens with one attached hydrogen (secondary N) is 3. The monoisotopic (exact) mass is 519 g/mol. The van der Waals surface area contributed by atoms with Gasteiger partial charge >= 0.3 is 0 Å². The summed E-state index contributed by atoms with van der Waals surface area (Å²) in [7, 11) is 0. The maximum Gasteiger partial charge on any atom is 0.257 e. The van der Waals surface area contributed by atoms with E-state index in [1.54, 1.807) is 36.4 Å². The van der Waals surface area contributed by atoms with Crippen LogP contribution in [0.1, 0.15) is 26.3 Å². The highest BCUT2D eigenvalue weighted by Gasteiger charge is 2.12. The molecule has 0 spiro atoms. The van der Waals surface area contributed by atoms with Crippen LogP contribution in [0, 0.1) is 12.7 Å². The van der Waals surface area contributed by atoms with E-state index in [2.05, 4.69) is 31.9 Å². The highest BCUT2D eigenvalue weighted by Crippen LogP contribution is 2.21. The Morgan fingerprint density at radius 2 is 1.65 bits per heavy atom. The molecule has 0 atom stereocenters. The van der Waals surface area contributed by atoms with Gasteiger partial charge in [-0.2, -0.15) is 0 Å². The third kappa shape index (κ3) is 6.10. The number of benzene rings is 3. The molecule has 0 saturated heterocycles. The summed E-state index contributed by atoms with van der Waals surface area (Å²) < 4.78 is 14.1. The first-order chi connectivity index (χ1) is 14.7. The molecular weight excluding hydrogens is 505 g/mol. The first-order valence-corrected chi connectivity index (χ1v) is 10.6. The fraction of sp³-hybridized carbons (Fsp3) is 0.0455. The number of aryl methyl sites for hydroxylation is 1. The van der Waals surface area contributed by atoms with E-state index in [4.69, 9.17) is 23.8 Å². The quantitative estimate of drug-likeness (QED) is 0.373. The molecule has 9 heteroatoms. The molecule has 0 aliphatic rings. The molecule has 3 aromatic carbocycles. The van der Waals surface area contributed by atoms with Crippen molar-refractivity contribution in [2.45, 2.75) is 6.92 Å². The third-order valence-corrected chi connectivity index (χ3v) is 5.57. The van der Waals surface area contributed by atoms with E-state index >= 15 is 0 Å². The fourth-order valence-electron chi connectivity index (χ4n) is 2.59. The van der Waals surface area contributed by atoms with Crippen LogP contribution in [0.25, 0.3) is 0 Å². The Labute approximate surface area is 197 Å². The summed E-state index contributed by atoms with van der Waals surface area (Å²) >= 11 is 14.3. The number of carbonyl (C=O) groups is 2. The minimum Gasteiger partial charge on any atom is -0.332 e. The maximum atomic E-state index is 13.3. The van der Waals surface area contributed by atoms with Crippen LogP contribution in [0.2, 0.25) is 5.02 Å². The number of anilines is 2. The summed E-state index contributed by atoms with van der Waals surface area (Å²) in [4.78, 5) is 24.9. The average molecular weight is 521 g/mol. The van der Waals surface area contributed by atoms with Gasteiger partial charge in [-0.15, -0.1) is 0 Å². The van der Waals surface area contributed by atoms with Gasteiger partial charge in [0.05, 0.1) is 5.02 Å². The zero-order valence-electron chi connectivity index (χ0n) is 16.1. The average Bonchev–Trinajstić information content (AvgIpc) is 2.72. The molecule has 0 heterocycles. The van der Waals surface area contributed by atoms with Crippen molar-refractivity contribution in [1.29, 1.82) is 0 Å². The van der Waals surface area contributed by atoms with Crippen LogP contribution in [0.3, 0.4) is 0 Å². The van der Waals surface area contributed by atoms with Gasteiger partial charge in [-0.05, 0) is 73.2 Å². The molecule has 0 bridgehead atoms. The van der Waals surface area contributed by atoms with E-state index in [-0.39, 0.29) is 16.0 Å². The Kier molecular flexibility index (Phi) is 7.37. The standard InChI is InChI=1S/C22H16BrClFN3O2S/c1-12-5-6-14(10-17(12)23)21(30)28-22(31)27-15-4-2-3-13(9-15)20(29)26-16-7-8-19(25)18(24)11-16/h2-11H,1H3,(H,26,29)(H2,27,28,30,31). The molecule has 0 aliphatic carbocycles. The summed E-state index contributed by atoms with van der Waals surface area (Å²) in [6.45, 7) is 1.92. The topological polar surface area (TPSA) is 70.2 Å². The van der Waals surface area contributed by atoms with Crippen molar-refractivity contribution in [1.82, 2.24) is 5.32 Å². The number of rotatable bonds is 4. The molecule has 0 unspecified atom stereocenters. The zero-order chi connectivity index (χ0) is 22.5. The lowest BCUT2D eigenvalue weighted by atomic mass is 10.1. The van der Waals surface area contributed by atoms with E-state index in [1.807, 2.05) is 13.0 Å². The number of hydrogen-bond donors (Lipinski definition) is 3. The second-order valence-corrected chi connectivity index (χ2v) is 8.21. The van der Waals surface area contributed by atoms with Gasteiger partial charge in [0.15, 0.2) is 5.11 Å². The number of hydrogen-bond acceptors (Lipinski definition) is 3. The minimum absolute atomic E-state index is 0.0876. The maximum absolute atomic E-state index is 13.3. The van der Waals surface area contributed by atoms with Crippen LogP contribution in [-0.2, 0) is 0 Å². The van der Waals surface area contributed by atoms with Crippen LogP contribution in [0.15, 0.2) is 65.1 Å². The second kappa shape index (κ2) is 10.00. The Hall–Kier alpha value is -2.81. The van der Waals surface area contributed by atoms with E-state index in [9.17, 15) is 14.0 Å². The summed E-state index contributed by atoms with van der Waals surface area (Å²) in [5.74, 6) is -1.34. The fourth-order valence-corrected chi connectivity index (χ4v) is 3.36. The predicted molar refractivity (Wildman–Crippen MR) is 128 cm³/mol. The molecule has 3 rings (SSSR count). The SMILES string of the molecule is Cc1ccc(C(=O)NC(=S)Nc2cccc(C(=O)Nc3ccc(F)c(Cl)c3)c2)cc1Br. The van der Waals surface area contributed by atoms with Gasteiger partial charge < -0.3 is 10.6 Å². The summed E-state index contributed by atoms with van der Waals surface area (Å²) in [5, 5.41) is 8.13. The molecule has 3 N–H and O–H groups in total. The van der Waals surface area contributed by atoms with Crippen molar-refractivity contribution in [3.8, 4) is 0 Å². The van der Waals surface area contributed by atoms with Gasteiger partial charge in [0.1, 0.15) is 5.82 Å². The lowest BCUT2D eigenvalue weighted by Crippen LogP contribution is -2.34. The van der Waals surface area contributed by atoms with Gasteiger partial charge in [0.2, 0.25) is 0 Å². The molecule has 158 valence electrons. The largest absolute Gasteiger partial charge is 0.332 e. The number of thiocarbonyl (C=S) groups is 1. The summed E-state index contributed by atoms with van der Waals surface area (Å²) in [5.41, 5.74) is 2.67. The van der Waals surface area contributed by atoms with Gasteiger partial charge in [0, 0.05) is 27.0 Å². The summed E-state index contributed by atoms with van der Waals surface area (Å²) in [6, 6.07) is 15.7. The van der Waals surface area contributed by atoms with Crippen molar-refractivity contribution in [2.75, 3.05) is 10.6 Å². The first-order valence-electron chi connectivity index (χ1n) is 8.98. The van der Waals surface area contributed by atoms with Gasteiger partial charge in [-0.1, -0.05) is 39.7 Å². The number of halogens is 3. The lowest BCUT2D eigenvalue weighted by Gasteiger charge is -2.12.